The highest BCUT2D eigenvalue weighted by Gasteiger charge is 2.31. The minimum Gasteiger partial charge on any atom is -0.341 e. The van der Waals surface area contributed by atoms with Gasteiger partial charge in [-0.2, -0.15) is 4.98 Å². The molecule has 2 unspecified atom stereocenters. The zero-order chi connectivity index (χ0) is 17.8. The Bertz CT molecular complexity index is 696. The van der Waals surface area contributed by atoms with E-state index in [4.69, 9.17) is 4.52 Å². The fourth-order valence-electron chi connectivity index (χ4n) is 3.49. The SMILES string of the molecule is CCC(C(=O)N1CCCC(c2noc(C(C)C)n2)C1)c1ccccc1. The average Bonchev–Trinajstić information content (AvgIpc) is 3.14. The van der Waals surface area contributed by atoms with Gasteiger partial charge in [-0.1, -0.05) is 56.3 Å². The summed E-state index contributed by atoms with van der Waals surface area (Å²) in [4.78, 5) is 19.6. The zero-order valence-electron chi connectivity index (χ0n) is 15.3. The second kappa shape index (κ2) is 7.81. The van der Waals surface area contributed by atoms with E-state index in [1.54, 1.807) is 0 Å². The monoisotopic (exact) mass is 341 g/mol. The fraction of sp³-hybridized carbons (Fsp3) is 0.550. The van der Waals surface area contributed by atoms with E-state index in [0.717, 1.165) is 37.2 Å². The molecule has 5 heteroatoms. The summed E-state index contributed by atoms with van der Waals surface area (Å²) in [6.07, 6.45) is 2.79. The Hall–Kier alpha value is -2.17. The van der Waals surface area contributed by atoms with Gasteiger partial charge in [0.1, 0.15) is 0 Å². The van der Waals surface area contributed by atoms with Crippen LogP contribution in [0, 0.1) is 0 Å². The predicted molar refractivity (Wildman–Crippen MR) is 96.4 cm³/mol. The van der Waals surface area contributed by atoms with Gasteiger partial charge in [-0.3, -0.25) is 4.79 Å². The summed E-state index contributed by atoms with van der Waals surface area (Å²) >= 11 is 0. The minimum atomic E-state index is -0.0727. The van der Waals surface area contributed by atoms with Crippen molar-refractivity contribution in [1.29, 1.82) is 0 Å². The first-order valence-corrected chi connectivity index (χ1v) is 9.27. The van der Waals surface area contributed by atoms with E-state index < -0.39 is 0 Å². The summed E-state index contributed by atoms with van der Waals surface area (Å²) in [7, 11) is 0. The largest absolute Gasteiger partial charge is 0.341 e. The first-order chi connectivity index (χ1) is 12.1. The summed E-state index contributed by atoms with van der Waals surface area (Å²) in [5, 5.41) is 4.15. The van der Waals surface area contributed by atoms with E-state index >= 15 is 0 Å². The van der Waals surface area contributed by atoms with E-state index in [1.165, 1.54) is 0 Å². The lowest BCUT2D eigenvalue weighted by Gasteiger charge is -2.33. The molecule has 2 atom stereocenters. The molecule has 1 aromatic carbocycles. The number of hydrogen-bond acceptors (Lipinski definition) is 4. The number of piperidine rings is 1. The van der Waals surface area contributed by atoms with Gasteiger partial charge in [0, 0.05) is 24.9 Å². The van der Waals surface area contributed by atoms with E-state index in [0.29, 0.717) is 12.4 Å². The molecule has 134 valence electrons. The molecule has 1 fully saturated rings. The fourth-order valence-corrected chi connectivity index (χ4v) is 3.49. The maximum Gasteiger partial charge on any atom is 0.230 e. The van der Waals surface area contributed by atoms with E-state index in [9.17, 15) is 4.79 Å². The lowest BCUT2D eigenvalue weighted by molar-refractivity contribution is -0.134. The number of benzene rings is 1. The number of rotatable bonds is 5. The molecule has 25 heavy (non-hydrogen) atoms. The molecular formula is C20H27N3O2. The van der Waals surface area contributed by atoms with Gasteiger partial charge in [-0.25, -0.2) is 0 Å². The van der Waals surface area contributed by atoms with Crippen molar-refractivity contribution in [2.24, 2.45) is 0 Å². The van der Waals surface area contributed by atoms with Gasteiger partial charge in [0.05, 0.1) is 5.92 Å². The highest BCUT2D eigenvalue weighted by Crippen LogP contribution is 2.29. The van der Waals surface area contributed by atoms with Gasteiger partial charge in [0.25, 0.3) is 0 Å². The topological polar surface area (TPSA) is 59.2 Å². The van der Waals surface area contributed by atoms with Crippen LogP contribution in [0.4, 0.5) is 0 Å². The van der Waals surface area contributed by atoms with Gasteiger partial charge < -0.3 is 9.42 Å². The Morgan fingerprint density at radius 2 is 2.08 bits per heavy atom. The van der Waals surface area contributed by atoms with Gasteiger partial charge in [0.15, 0.2) is 5.82 Å². The highest BCUT2D eigenvalue weighted by molar-refractivity contribution is 5.83. The summed E-state index contributed by atoms with van der Waals surface area (Å²) in [5.41, 5.74) is 1.10. The third-order valence-corrected chi connectivity index (χ3v) is 4.96. The van der Waals surface area contributed by atoms with Crippen LogP contribution in [0.5, 0.6) is 0 Å². The van der Waals surface area contributed by atoms with Crippen molar-refractivity contribution in [3.05, 3.63) is 47.6 Å². The molecule has 0 saturated carbocycles. The Labute approximate surface area is 149 Å². The summed E-state index contributed by atoms with van der Waals surface area (Å²) in [6, 6.07) is 10.1. The van der Waals surface area contributed by atoms with Crippen molar-refractivity contribution in [1.82, 2.24) is 15.0 Å². The normalized spacial score (nSPS) is 19.2. The molecule has 2 heterocycles. The van der Waals surface area contributed by atoms with Crippen molar-refractivity contribution in [2.45, 2.75) is 57.8 Å². The number of carbonyl (C=O) groups is 1. The van der Waals surface area contributed by atoms with Crippen LogP contribution in [0.3, 0.4) is 0 Å². The van der Waals surface area contributed by atoms with Crippen molar-refractivity contribution in [2.75, 3.05) is 13.1 Å². The van der Waals surface area contributed by atoms with Gasteiger partial charge in [0.2, 0.25) is 11.8 Å². The second-order valence-corrected chi connectivity index (χ2v) is 7.14. The molecule has 5 nitrogen and oxygen atoms in total. The van der Waals surface area contributed by atoms with E-state index in [2.05, 4.69) is 17.1 Å². The van der Waals surface area contributed by atoms with Crippen molar-refractivity contribution in [3.8, 4) is 0 Å². The van der Waals surface area contributed by atoms with Crippen LogP contribution in [0.15, 0.2) is 34.9 Å². The smallest absolute Gasteiger partial charge is 0.230 e. The zero-order valence-corrected chi connectivity index (χ0v) is 15.3. The molecular weight excluding hydrogens is 314 g/mol. The molecule has 1 aliphatic heterocycles. The van der Waals surface area contributed by atoms with Gasteiger partial charge in [-0.05, 0) is 24.8 Å². The first kappa shape index (κ1) is 17.6. The summed E-state index contributed by atoms with van der Waals surface area (Å²) in [5.74, 6) is 1.96. The Morgan fingerprint density at radius 1 is 1.32 bits per heavy atom. The molecule has 2 aromatic rings. The lowest BCUT2D eigenvalue weighted by atomic mass is 9.92. The van der Waals surface area contributed by atoms with Crippen LogP contribution in [-0.2, 0) is 4.79 Å². The van der Waals surface area contributed by atoms with Crippen molar-refractivity contribution in [3.63, 3.8) is 0 Å². The predicted octanol–water partition coefficient (Wildman–Crippen LogP) is 4.09. The quantitative estimate of drug-likeness (QED) is 0.822. The third kappa shape index (κ3) is 3.91. The summed E-state index contributed by atoms with van der Waals surface area (Å²) < 4.78 is 5.35. The Kier molecular flexibility index (Phi) is 5.51. The van der Waals surface area contributed by atoms with Crippen molar-refractivity contribution >= 4 is 5.91 Å². The molecule has 1 aromatic heterocycles. The molecule has 3 rings (SSSR count). The molecule has 0 radical (unpaired) electrons. The van der Waals surface area contributed by atoms with Gasteiger partial charge in [-0.15, -0.1) is 0 Å². The summed E-state index contributed by atoms with van der Waals surface area (Å²) in [6.45, 7) is 7.65. The standard InChI is InChI=1S/C20H27N3O2/c1-4-17(15-9-6-5-7-10-15)20(24)23-12-8-11-16(13-23)18-21-19(14(2)3)25-22-18/h5-7,9-10,14,16-17H,4,8,11-13H2,1-3H3. The van der Waals surface area contributed by atoms with E-state index in [1.807, 2.05) is 49.1 Å². The van der Waals surface area contributed by atoms with Crippen molar-refractivity contribution < 1.29 is 9.32 Å². The number of hydrogen-bond donors (Lipinski definition) is 0. The van der Waals surface area contributed by atoms with Crippen LogP contribution in [-0.4, -0.2) is 34.0 Å². The molecule has 1 aliphatic rings. The number of aromatic nitrogens is 2. The number of amides is 1. The molecule has 0 N–H and O–H groups in total. The molecule has 0 spiro atoms. The van der Waals surface area contributed by atoms with Crippen LogP contribution >= 0.6 is 0 Å². The minimum absolute atomic E-state index is 0.0727. The second-order valence-electron chi connectivity index (χ2n) is 7.14. The Morgan fingerprint density at radius 3 is 2.72 bits per heavy atom. The highest BCUT2D eigenvalue weighted by atomic mass is 16.5. The lowest BCUT2D eigenvalue weighted by Crippen LogP contribution is -2.41. The van der Waals surface area contributed by atoms with Gasteiger partial charge >= 0.3 is 0 Å². The number of likely N-dealkylation sites (tertiary alicyclic amines) is 1. The average molecular weight is 341 g/mol. The maximum absolute atomic E-state index is 13.1. The number of carbonyl (C=O) groups excluding carboxylic acids is 1. The molecule has 1 amide bonds. The first-order valence-electron chi connectivity index (χ1n) is 9.27. The molecule has 0 bridgehead atoms. The molecule has 1 saturated heterocycles. The molecule has 0 aliphatic carbocycles. The third-order valence-electron chi connectivity index (χ3n) is 4.96. The number of nitrogens with zero attached hydrogens (tertiary/aromatic N) is 3. The van der Waals surface area contributed by atoms with Crippen LogP contribution < -0.4 is 0 Å². The van der Waals surface area contributed by atoms with Crippen LogP contribution in [0.1, 0.15) is 75.1 Å². The Balaban J connectivity index is 1.72. The van der Waals surface area contributed by atoms with Crippen LogP contribution in [0.25, 0.3) is 0 Å². The van der Waals surface area contributed by atoms with Crippen LogP contribution in [0.2, 0.25) is 0 Å². The van der Waals surface area contributed by atoms with E-state index in [-0.39, 0.29) is 23.7 Å². The maximum atomic E-state index is 13.1.